The van der Waals surface area contributed by atoms with Crippen molar-refractivity contribution in [3.05, 3.63) is 59.1 Å². The van der Waals surface area contributed by atoms with Gasteiger partial charge in [0.15, 0.2) is 0 Å². The first-order valence-electron chi connectivity index (χ1n) is 9.11. The maximum atomic E-state index is 12.2. The number of carbonyl (C=O) groups is 1. The van der Waals surface area contributed by atoms with Crippen LogP contribution in [-0.2, 0) is 0 Å². The Morgan fingerprint density at radius 1 is 1.19 bits per heavy atom. The van der Waals surface area contributed by atoms with Crippen LogP contribution in [0.1, 0.15) is 36.0 Å². The van der Waals surface area contributed by atoms with Gasteiger partial charge in [-0.3, -0.25) is 4.79 Å². The number of aliphatic hydroxyl groups is 1. The standard InChI is InChI=1S/C21H24ClNO4/c22-17-2-1-3-19(12-17)27-13-15-8-10-21(26,11-9-15)14-23-20(25)16-4-6-18(24)7-5-16/h1-7,12,15,24,26H,8-11,13-14H2,(H,23,25)/t15-,21+. The van der Waals surface area contributed by atoms with Gasteiger partial charge in [0.05, 0.1) is 12.2 Å². The Bertz CT molecular complexity index is 770. The first-order chi connectivity index (χ1) is 12.9. The molecule has 3 rings (SSSR count). The molecule has 1 aliphatic rings. The first-order valence-corrected chi connectivity index (χ1v) is 9.49. The van der Waals surface area contributed by atoms with E-state index in [9.17, 15) is 15.0 Å². The summed E-state index contributed by atoms with van der Waals surface area (Å²) in [7, 11) is 0. The zero-order valence-corrected chi connectivity index (χ0v) is 15.8. The average molecular weight is 390 g/mol. The Kier molecular flexibility index (Phi) is 6.24. The van der Waals surface area contributed by atoms with Crippen LogP contribution in [0.3, 0.4) is 0 Å². The number of ether oxygens (including phenoxy) is 1. The molecule has 2 aromatic rings. The van der Waals surface area contributed by atoms with Crippen LogP contribution in [0, 0.1) is 5.92 Å². The monoisotopic (exact) mass is 389 g/mol. The van der Waals surface area contributed by atoms with E-state index in [4.69, 9.17) is 16.3 Å². The summed E-state index contributed by atoms with van der Waals surface area (Å²) in [6, 6.07) is 13.4. The minimum atomic E-state index is -0.890. The number of benzene rings is 2. The van der Waals surface area contributed by atoms with E-state index in [1.165, 1.54) is 12.1 Å². The van der Waals surface area contributed by atoms with Crippen LogP contribution < -0.4 is 10.1 Å². The van der Waals surface area contributed by atoms with Crippen molar-refractivity contribution in [2.45, 2.75) is 31.3 Å². The summed E-state index contributed by atoms with van der Waals surface area (Å²) in [4.78, 5) is 12.2. The van der Waals surface area contributed by atoms with E-state index >= 15 is 0 Å². The summed E-state index contributed by atoms with van der Waals surface area (Å²) < 4.78 is 5.80. The largest absolute Gasteiger partial charge is 0.508 e. The minimum Gasteiger partial charge on any atom is -0.508 e. The van der Waals surface area contributed by atoms with E-state index in [0.717, 1.165) is 18.6 Å². The van der Waals surface area contributed by atoms with Crippen molar-refractivity contribution >= 4 is 17.5 Å². The van der Waals surface area contributed by atoms with Crippen molar-refractivity contribution in [2.75, 3.05) is 13.2 Å². The molecule has 1 amide bonds. The molecule has 1 fully saturated rings. The van der Waals surface area contributed by atoms with Gasteiger partial charge in [0.2, 0.25) is 0 Å². The summed E-state index contributed by atoms with van der Waals surface area (Å²) in [5, 5.41) is 23.5. The minimum absolute atomic E-state index is 0.114. The van der Waals surface area contributed by atoms with E-state index in [-0.39, 0.29) is 18.2 Å². The molecular weight excluding hydrogens is 366 g/mol. The number of nitrogens with one attached hydrogen (secondary N) is 1. The van der Waals surface area contributed by atoms with Crippen molar-refractivity contribution in [1.29, 1.82) is 0 Å². The molecule has 2 aromatic carbocycles. The lowest BCUT2D eigenvalue weighted by molar-refractivity contribution is -0.0129. The molecule has 6 heteroatoms. The van der Waals surface area contributed by atoms with Gasteiger partial charge in [-0.05, 0) is 74.1 Å². The average Bonchev–Trinajstić information content (AvgIpc) is 2.66. The van der Waals surface area contributed by atoms with E-state index in [1.807, 2.05) is 18.2 Å². The molecule has 0 atom stereocenters. The third kappa shape index (κ3) is 5.62. The molecule has 0 unspecified atom stereocenters. The van der Waals surface area contributed by atoms with Gasteiger partial charge in [0, 0.05) is 17.1 Å². The lowest BCUT2D eigenvalue weighted by Crippen LogP contribution is -2.45. The maximum Gasteiger partial charge on any atom is 0.251 e. The summed E-state index contributed by atoms with van der Waals surface area (Å²) in [5.41, 5.74) is -0.431. The van der Waals surface area contributed by atoms with Crippen molar-refractivity contribution in [3.63, 3.8) is 0 Å². The van der Waals surface area contributed by atoms with Gasteiger partial charge in [-0.2, -0.15) is 0 Å². The van der Waals surface area contributed by atoms with Gasteiger partial charge in [-0.15, -0.1) is 0 Å². The summed E-state index contributed by atoms with van der Waals surface area (Å²) in [6.07, 6.45) is 2.91. The highest BCUT2D eigenvalue weighted by Crippen LogP contribution is 2.32. The maximum absolute atomic E-state index is 12.2. The van der Waals surface area contributed by atoms with Gasteiger partial charge >= 0.3 is 0 Å². The third-order valence-electron chi connectivity index (χ3n) is 5.03. The Hall–Kier alpha value is -2.24. The summed E-state index contributed by atoms with van der Waals surface area (Å²) in [6.45, 7) is 0.810. The van der Waals surface area contributed by atoms with E-state index in [2.05, 4.69) is 5.32 Å². The molecule has 0 heterocycles. The molecule has 3 N–H and O–H groups in total. The van der Waals surface area contributed by atoms with Gasteiger partial charge in [-0.1, -0.05) is 17.7 Å². The molecule has 0 saturated heterocycles. The smallest absolute Gasteiger partial charge is 0.251 e. The number of phenols is 1. The quantitative estimate of drug-likeness (QED) is 0.702. The molecule has 0 aromatic heterocycles. The normalized spacial score (nSPS) is 22.2. The van der Waals surface area contributed by atoms with Crippen LogP contribution in [0.2, 0.25) is 5.02 Å². The molecule has 0 radical (unpaired) electrons. The second kappa shape index (κ2) is 8.63. The molecular formula is C21H24ClNO4. The Morgan fingerprint density at radius 3 is 2.56 bits per heavy atom. The number of amides is 1. The third-order valence-corrected chi connectivity index (χ3v) is 5.26. The highest BCUT2D eigenvalue weighted by atomic mass is 35.5. The summed E-state index contributed by atoms with van der Waals surface area (Å²) in [5.74, 6) is 0.986. The lowest BCUT2D eigenvalue weighted by atomic mass is 9.79. The highest BCUT2D eigenvalue weighted by Gasteiger charge is 2.33. The van der Waals surface area contributed by atoms with Gasteiger partial charge in [-0.25, -0.2) is 0 Å². The second-order valence-corrected chi connectivity index (χ2v) is 7.60. The Balaban J connectivity index is 1.43. The predicted molar refractivity (Wildman–Crippen MR) is 104 cm³/mol. The van der Waals surface area contributed by atoms with Crippen LogP contribution in [0.15, 0.2) is 48.5 Å². The summed E-state index contributed by atoms with van der Waals surface area (Å²) >= 11 is 5.96. The number of phenolic OH excluding ortho intramolecular Hbond substituents is 1. The van der Waals surface area contributed by atoms with Crippen LogP contribution in [0.25, 0.3) is 0 Å². The second-order valence-electron chi connectivity index (χ2n) is 7.17. The Labute approximate surface area is 163 Å². The van der Waals surface area contributed by atoms with Crippen molar-refractivity contribution in [3.8, 4) is 11.5 Å². The topological polar surface area (TPSA) is 78.8 Å². The fourth-order valence-corrected chi connectivity index (χ4v) is 3.47. The molecule has 0 bridgehead atoms. The first kappa shape index (κ1) is 19.5. The fourth-order valence-electron chi connectivity index (χ4n) is 3.29. The number of halogens is 1. The number of carbonyl (C=O) groups excluding carboxylic acids is 1. The highest BCUT2D eigenvalue weighted by molar-refractivity contribution is 6.30. The van der Waals surface area contributed by atoms with Crippen LogP contribution in [-0.4, -0.2) is 34.9 Å². The molecule has 144 valence electrons. The van der Waals surface area contributed by atoms with E-state index in [1.54, 1.807) is 18.2 Å². The lowest BCUT2D eigenvalue weighted by Gasteiger charge is -2.36. The van der Waals surface area contributed by atoms with Gasteiger partial charge in [0.1, 0.15) is 11.5 Å². The number of hydrogen-bond donors (Lipinski definition) is 3. The van der Waals surface area contributed by atoms with Crippen LogP contribution in [0.4, 0.5) is 0 Å². The predicted octanol–water partition coefficient (Wildman–Crippen LogP) is 3.78. The van der Waals surface area contributed by atoms with Crippen LogP contribution >= 0.6 is 11.6 Å². The molecule has 5 nitrogen and oxygen atoms in total. The fraction of sp³-hybridized carbons (Fsp3) is 0.381. The van der Waals surface area contributed by atoms with Crippen molar-refractivity contribution in [2.24, 2.45) is 5.92 Å². The van der Waals surface area contributed by atoms with E-state index in [0.29, 0.717) is 36.0 Å². The van der Waals surface area contributed by atoms with E-state index < -0.39 is 5.60 Å². The molecule has 1 aliphatic carbocycles. The number of aromatic hydroxyl groups is 1. The molecule has 0 spiro atoms. The van der Waals surface area contributed by atoms with Crippen molar-refractivity contribution < 1.29 is 19.7 Å². The molecule has 27 heavy (non-hydrogen) atoms. The SMILES string of the molecule is O=C(NC[C@]1(O)CC[C@@H](COc2cccc(Cl)c2)CC1)c1ccc(O)cc1. The van der Waals surface area contributed by atoms with Gasteiger partial charge < -0.3 is 20.3 Å². The number of rotatable bonds is 6. The zero-order chi connectivity index (χ0) is 19.3. The van der Waals surface area contributed by atoms with Gasteiger partial charge in [0.25, 0.3) is 5.91 Å². The zero-order valence-electron chi connectivity index (χ0n) is 15.0. The molecule has 1 saturated carbocycles. The van der Waals surface area contributed by atoms with Crippen molar-refractivity contribution in [1.82, 2.24) is 5.32 Å². The van der Waals surface area contributed by atoms with Crippen LogP contribution in [0.5, 0.6) is 11.5 Å². The Morgan fingerprint density at radius 2 is 1.89 bits per heavy atom. The molecule has 0 aliphatic heterocycles. The number of hydrogen-bond acceptors (Lipinski definition) is 4.